The van der Waals surface area contributed by atoms with E-state index in [1.807, 2.05) is 24.1 Å². The van der Waals surface area contributed by atoms with Crippen molar-refractivity contribution >= 4 is 5.91 Å². The van der Waals surface area contributed by atoms with Gasteiger partial charge < -0.3 is 4.90 Å². The van der Waals surface area contributed by atoms with Gasteiger partial charge in [0.1, 0.15) is 5.82 Å². The minimum absolute atomic E-state index is 0.0835. The highest BCUT2D eigenvalue weighted by molar-refractivity contribution is 5.82. The van der Waals surface area contributed by atoms with Crippen molar-refractivity contribution in [3.63, 3.8) is 0 Å². The molecule has 0 radical (unpaired) electrons. The second-order valence-corrected chi connectivity index (χ2v) is 7.02. The van der Waals surface area contributed by atoms with Crippen molar-refractivity contribution in [3.8, 4) is 0 Å². The lowest BCUT2D eigenvalue weighted by Crippen LogP contribution is -2.46. The summed E-state index contributed by atoms with van der Waals surface area (Å²) in [6.45, 7) is 1.96. The third-order valence-electron chi connectivity index (χ3n) is 5.03. The van der Waals surface area contributed by atoms with Crippen molar-refractivity contribution in [1.82, 2.24) is 14.8 Å². The van der Waals surface area contributed by atoms with E-state index in [4.69, 9.17) is 0 Å². The minimum Gasteiger partial charge on any atom is -0.333 e. The van der Waals surface area contributed by atoms with Crippen LogP contribution in [0.5, 0.6) is 0 Å². The van der Waals surface area contributed by atoms with Gasteiger partial charge in [0.2, 0.25) is 5.91 Å². The summed E-state index contributed by atoms with van der Waals surface area (Å²) < 4.78 is 13.2. The average molecular weight is 355 g/mol. The number of amides is 1. The predicted molar refractivity (Wildman–Crippen MR) is 99.8 cm³/mol. The Morgan fingerprint density at radius 1 is 1.08 bits per heavy atom. The molecule has 0 spiro atoms. The molecule has 2 aromatic rings. The van der Waals surface area contributed by atoms with Gasteiger partial charge in [0.25, 0.3) is 0 Å². The zero-order valence-electron chi connectivity index (χ0n) is 15.3. The van der Waals surface area contributed by atoms with Crippen LogP contribution in [0.25, 0.3) is 0 Å². The van der Waals surface area contributed by atoms with Crippen molar-refractivity contribution in [1.29, 1.82) is 0 Å². The summed E-state index contributed by atoms with van der Waals surface area (Å²) in [5, 5.41) is 0. The van der Waals surface area contributed by atoms with E-state index in [-0.39, 0.29) is 17.8 Å². The monoisotopic (exact) mass is 355 g/mol. The van der Waals surface area contributed by atoms with E-state index in [1.165, 1.54) is 18.6 Å². The lowest BCUT2D eigenvalue weighted by Gasteiger charge is -2.31. The highest BCUT2D eigenvalue weighted by Gasteiger charge is 2.29. The Balaban J connectivity index is 1.80. The van der Waals surface area contributed by atoms with Gasteiger partial charge >= 0.3 is 0 Å². The molecule has 1 aliphatic rings. The number of benzene rings is 1. The number of nitrogens with zero attached hydrogens (tertiary/aromatic N) is 3. The van der Waals surface area contributed by atoms with Crippen LogP contribution < -0.4 is 0 Å². The van der Waals surface area contributed by atoms with Crippen LogP contribution in [-0.2, 0) is 17.9 Å². The van der Waals surface area contributed by atoms with Crippen LogP contribution in [0.4, 0.5) is 4.39 Å². The number of aromatic nitrogens is 1. The van der Waals surface area contributed by atoms with Gasteiger partial charge in [-0.1, -0.05) is 25.0 Å². The van der Waals surface area contributed by atoms with Gasteiger partial charge in [-0.05, 0) is 61.8 Å². The van der Waals surface area contributed by atoms with Crippen LogP contribution in [0.3, 0.4) is 0 Å². The van der Waals surface area contributed by atoms with E-state index in [9.17, 15) is 9.18 Å². The van der Waals surface area contributed by atoms with Gasteiger partial charge in [-0.2, -0.15) is 0 Å². The normalized spacial score (nSPS) is 18.3. The van der Waals surface area contributed by atoms with Crippen LogP contribution in [-0.4, -0.2) is 40.3 Å². The van der Waals surface area contributed by atoms with E-state index in [0.717, 1.165) is 36.9 Å². The number of halogens is 1. The van der Waals surface area contributed by atoms with E-state index in [0.29, 0.717) is 13.1 Å². The Morgan fingerprint density at radius 2 is 1.73 bits per heavy atom. The maximum absolute atomic E-state index is 13.3. The molecule has 1 aliphatic heterocycles. The molecule has 0 N–H and O–H groups in total. The van der Waals surface area contributed by atoms with Gasteiger partial charge in [0, 0.05) is 25.5 Å². The molecule has 1 fully saturated rings. The first kappa shape index (κ1) is 18.5. The summed E-state index contributed by atoms with van der Waals surface area (Å²) in [5.74, 6) is -0.111. The molecule has 0 bridgehead atoms. The summed E-state index contributed by atoms with van der Waals surface area (Å²) in [4.78, 5) is 21.4. The highest BCUT2D eigenvalue weighted by Crippen LogP contribution is 2.20. The molecule has 1 saturated heterocycles. The maximum atomic E-state index is 13.3. The van der Waals surface area contributed by atoms with Crippen LogP contribution >= 0.6 is 0 Å². The summed E-state index contributed by atoms with van der Waals surface area (Å²) >= 11 is 0. The molecule has 0 aliphatic carbocycles. The molecule has 0 saturated carbocycles. The third-order valence-corrected chi connectivity index (χ3v) is 5.03. The van der Waals surface area contributed by atoms with Crippen molar-refractivity contribution in [2.75, 3.05) is 13.6 Å². The third kappa shape index (κ3) is 4.88. The van der Waals surface area contributed by atoms with Gasteiger partial charge in [0.15, 0.2) is 0 Å². The highest BCUT2D eigenvalue weighted by atomic mass is 19.1. The Labute approximate surface area is 154 Å². The molecule has 5 heteroatoms. The first-order valence-corrected chi connectivity index (χ1v) is 9.26. The van der Waals surface area contributed by atoms with E-state index < -0.39 is 0 Å². The predicted octanol–water partition coefficient (Wildman–Crippen LogP) is 3.62. The smallest absolute Gasteiger partial charge is 0.240 e. The van der Waals surface area contributed by atoms with Gasteiger partial charge in [-0.3, -0.25) is 14.7 Å². The molecule has 1 amide bonds. The standard InChI is InChI=1S/C21H26FN3O/c1-24-14-4-2-3-5-20(24)21(26)25(16-18-10-12-23-13-11-18)15-17-6-8-19(22)9-7-17/h6-13,20H,2-5,14-16H2,1H3/t20-/m0/s1. The molecule has 1 aromatic heterocycles. The Kier molecular flexibility index (Phi) is 6.34. The number of likely N-dealkylation sites (tertiary alicyclic amines) is 1. The SMILES string of the molecule is CN1CCCCC[C@H]1C(=O)N(Cc1ccncc1)Cc1ccc(F)cc1. The van der Waals surface area contributed by atoms with E-state index in [2.05, 4.69) is 9.88 Å². The fourth-order valence-electron chi connectivity index (χ4n) is 3.51. The van der Waals surface area contributed by atoms with Crippen molar-refractivity contribution in [2.45, 2.75) is 44.8 Å². The fourth-order valence-corrected chi connectivity index (χ4v) is 3.51. The van der Waals surface area contributed by atoms with Crippen LogP contribution in [0.15, 0.2) is 48.8 Å². The number of carbonyl (C=O) groups is 1. The first-order valence-electron chi connectivity index (χ1n) is 9.26. The number of pyridine rings is 1. The van der Waals surface area contributed by atoms with Gasteiger partial charge in [-0.15, -0.1) is 0 Å². The Bertz CT molecular complexity index is 705. The molecule has 138 valence electrons. The van der Waals surface area contributed by atoms with Crippen LogP contribution in [0.1, 0.15) is 36.8 Å². The largest absolute Gasteiger partial charge is 0.333 e. The zero-order valence-corrected chi connectivity index (χ0v) is 15.3. The Morgan fingerprint density at radius 3 is 2.42 bits per heavy atom. The summed E-state index contributed by atoms with van der Waals surface area (Å²) in [5.41, 5.74) is 1.98. The van der Waals surface area contributed by atoms with E-state index >= 15 is 0 Å². The lowest BCUT2D eigenvalue weighted by molar-refractivity contribution is -0.138. The molecule has 4 nitrogen and oxygen atoms in total. The van der Waals surface area contributed by atoms with Gasteiger partial charge in [-0.25, -0.2) is 4.39 Å². The molecular formula is C21H26FN3O. The second kappa shape index (κ2) is 8.90. The topological polar surface area (TPSA) is 36.4 Å². The van der Waals surface area contributed by atoms with Crippen molar-refractivity contribution in [2.24, 2.45) is 0 Å². The fraction of sp³-hybridized carbons (Fsp3) is 0.429. The summed E-state index contributed by atoms with van der Waals surface area (Å²) in [6, 6.07) is 10.2. The number of likely N-dealkylation sites (N-methyl/N-ethyl adjacent to an activating group) is 1. The number of rotatable bonds is 5. The van der Waals surface area contributed by atoms with Crippen LogP contribution in [0.2, 0.25) is 0 Å². The molecule has 26 heavy (non-hydrogen) atoms. The lowest BCUT2D eigenvalue weighted by atomic mass is 10.1. The molecule has 0 unspecified atom stereocenters. The molecule has 1 aromatic carbocycles. The Hall–Kier alpha value is -2.27. The molecule has 1 atom stereocenters. The average Bonchev–Trinajstić information content (AvgIpc) is 2.87. The second-order valence-electron chi connectivity index (χ2n) is 7.02. The maximum Gasteiger partial charge on any atom is 0.240 e. The van der Waals surface area contributed by atoms with Crippen molar-refractivity contribution in [3.05, 3.63) is 65.7 Å². The van der Waals surface area contributed by atoms with Crippen LogP contribution in [0, 0.1) is 5.82 Å². The zero-order chi connectivity index (χ0) is 18.4. The summed E-state index contributed by atoms with van der Waals surface area (Å²) in [6.07, 6.45) is 7.78. The quantitative estimate of drug-likeness (QED) is 0.822. The number of hydrogen-bond donors (Lipinski definition) is 0. The summed E-state index contributed by atoms with van der Waals surface area (Å²) in [7, 11) is 2.04. The molecule has 3 rings (SSSR count). The molecular weight excluding hydrogens is 329 g/mol. The molecule has 2 heterocycles. The first-order chi connectivity index (χ1) is 12.6. The van der Waals surface area contributed by atoms with Gasteiger partial charge in [0.05, 0.1) is 6.04 Å². The van der Waals surface area contributed by atoms with Crippen molar-refractivity contribution < 1.29 is 9.18 Å². The number of hydrogen-bond acceptors (Lipinski definition) is 3. The van der Waals surface area contributed by atoms with E-state index in [1.54, 1.807) is 24.5 Å². The minimum atomic E-state index is -0.260. The number of carbonyl (C=O) groups excluding carboxylic acids is 1.